The van der Waals surface area contributed by atoms with E-state index in [9.17, 15) is 0 Å². The van der Waals surface area contributed by atoms with Crippen LogP contribution in [0.3, 0.4) is 0 Å². The molecule has 1 fully saturated rings. The van der Waals surface area contributed by atoms with Crippen LogP contribution >= 0.6 is 0 Å². The van der Waals surface area contributed by atoms with Gasteiger partial charge in [-0.15, -0.1) is 0 Å². The lowest BCUT2D eigenvalue weighted by molar-refractivity contribution is 0.0669. The smallest absolute Gasteiger partial charge is 0.0590 e. The van der Waals surface area contributed by atoms with Crippen molar-refractivity contribution in [3.05, 3.63) is 24.3 Å². The van der Waals surface area contributed by atoms with Gasteiger partial charge in [0.25, 0.3) is 0 Å². The molecule has 1 aliphatic carbocycles. The second-order valence-corrected chi connectivity index (χ2v) is 5.31. The van der Waals surface area contributed by atoms with Gasteiger partial charge in [-0.2, -0.15) is 0 Å². The molecule has 0 aliphatic heterocycles. The number of anilines is 2. The first-order valence-electron chi connectivity index (χ1n) is 6.76. The summed E-state index contributed by atoms with van der Waals surface area (Å²) in [5.41, 5.74) is 2.45. The summed E-state index contributed by atoms with van der Waals surface area (Å²) in [6.07, 6.45) is 5.23. The fourth-order valence-corrected chi connectivity index (χ4v) is 2.60. The standard InChI is InChI=1S/C15H24N2O/c1-17(2)14-8-4-6-12(10-14)16-13-7-5-9-15(11-13)18-3/h4,6,8,10,13,15-16H,5,7,9,11H2,1-3H3. The van der Waals surface area contributed by atoms with Gasteiger partial charge in [0.2, 0.25) is 0 Å². The number of nitrogens with one attached hydrogen (secondary N) is 1. The van der Waals surface area contributed by atoms with Gasteiger partial charge in [-0.25, -0.2) is 0 Å². The number of hydrogen-bond acceptors (Lipinski definition) is 3. The lowest BCUT2D eigenvalue weighted by Gasteiger charge is -2.29. The third-order valence-electron chi connectivity index (χ3n) is 3.69. The van der Waals surface area contributed by atoms with Crippen LogP contribution in [0.25, 0.3) is 0 Å². The van der Waals surface area contributed by atoms with Crippen LogP contribution < -0.4 is 10.2 Å². The lowest BCUT2D eigenvalue weighted by atomic mass is 9.92. The molecule has 1 saturated carbocycles. The monoisotopic (exact) mass is 248 g/mol. The van der Waals surface area contributed by atoms with Gasteiger partial charge >= 0.3 is 0 Å². The number of hydrogen-bond donors (Lipinski definition) is 1. The van der Waals surface area contributed by atoms with Gasteiger partial charge in [0, 0.05) is 38.6 Å². The number of methoxy groups -OCH3 is 1. The predicted octanol–water partition coefficient (Wildman–Crippen LogP) is 3.12. The topological polar surface area (TPSA) is 24.5 Å². The van der Waals surface area contributed by atoms with Gasteiger partial charge in [-0.1, -0.05) is 6.07 Å². The molecule has 2 unspecified atom stereocenters. The van der Waals surface area contributed by atoms with Gasteiger partial charge in [0.05, 0.1) is 6.10 Å². The SMILES string of the molecule is COC1CCCC(Nc2cccc(N(C)C)c2)C1. The maximum absolute atomic E-state index is 5.47. The van der Waals surface area contributed by atoms with Crippen LogP contribution in [0.2, 0.25) is 0 Å². The summed E-state index contributed by atoms with van der Waals surface area (Å²) in [7, 11) is 5.96. The normalized spacial score (nSPS) is 23.7. The largest absolute Gasteiger partial charge is 0.382 e. The first-order chi connectivity index (χ1) is 8.69. The Balaban J connectivity index is 1.98. The molecule has 1 N–H and O–H groups in total. The summed E-state index contributed by atoms with van der Waals surface area (Å²) in [5.74, 6) is 0. The van der Waals surface area contributed by atoms with E-state index in [1.165, 1.54) is 30.6 Å². The van der Waals surface area contributed by atoms with Crippen molar-refractivity contribution in [1.29, 1.82) is 0 Å². The summed E-state index contributed by atoms with van der Waals surface area (Å²) >= 11 is 0. The summed E-state index contributed by atoms with van der Waals surface area (Å²) in [5, 5.41) is 3.63. The first kappa shape index (κ1) is 13.2. The van der Waals surface area contributed by atoms with Crippen LogP contribution in [-0.4, -0.2) is 33.4 Å². The van der Waals surface area contributed by atoms with E-state index >= 15 is 0 Å². The minimum absolute atomic E-state index is 0.424. The molecule has 100 valence electrons. The fraction of sp³-hybridized carbons (Fsp3) is 0.600. The number of nitrogens with zero attached hydrogens (tertiary/aromatic N) is 1. The summed E-state index contributed by atoms with van der Waals surface area (Å²) in [4.78, 5) is 2.13. The molecule has 18 heavy (non-hydrogen) atoms. The lowest BCUT2D eigenvalue weighted by Crippen LogP contribution is -2.31. The Bertz CT molecular complexity index is 379. The molecule has 1 aliphatic rings. The maximum atomic E-state index is 5.47. The predicted molar refractivity (Wildman–Crippen MR) is 77.4 cm³/mol. The molecule has 1 aromatic rings. The van der Waals surface area contributed by atoms with Crippen LogP contribution in [0.4, 0.5) is 11.4 Å². The van der Waals surface area contributed by atoms with Crippen LogP contribution in [0.5, 0.6) is 0 Å². The number of benzene rings is 1. The zero-order valence-electron chi connectivity index (χ0n) is 11.6. The number of rotatable bonds is 4. The highest BCUT2D eigenvalue weighted by atomic mass is 16.5. The zero-order valence-corrected chi connectivity index (χ0v) is 11.6. The first-order valence-corrected chi connectivity index (χ1v) is 6.76. The molecular weight excluding hydrogens is 224 g/mol. The van der Waals surface area contributed by atoms with Crippen molar-refractivity contribution in [2.45, 2.75) is 37.8 Å². The average molecular weight is 248 g/mol. The molecule has 0 heterocycles. The van der Waals surface area contributed by atoms with E-state index in [0.717, 1.165) is 6.42 Å². The highest BCUT2D eigenvalue weighted by Gasteiger charge is 2.21. The minimum atomic E-state index is 0.424. The van der Waals surface area contributed by atoms with Crippen molar-refractivity contribution in [3.63, 3.8) is 0 Å². The highest BCUT2D eigenvalue weighted by molar-refractivity contribution is 5.57. The zero-order chi connectivity index (χ0) is 13.0. The molecule has 0 amide bonds. The van der Waals surface area contributed by atoms with E-state index in [4.69, 9.17) is 4.74 Å². The summed E-state index contributed by atoms with van der Waals surface area (Å²) < 4.78 is 5.47. The molecule has 2 rings (SSSR count). The van der Waals surface area contributed by atoms with Gasteiger partial charge in [0.15, 0.2) is 0 Å². The van der Waals surface area contributed by atoms with Gasteiger partial charge in [-0.05, 0) is 43.9 Å². The highest BCUT2D eigenvalue weighted by Crippen LogP contribution is 2.25. The van der Waals surface area contributed by atoms with Crippen LogP contribution in [-0.2, 0) is 4.74 Å². The Kier molecular flexibility index (Phi) is 4.48. The van der Waals surface area contributed by atoms with Crippen LogP contribution in [0, 0.1) is 0 Å². The Hall–Kier alpha value is -1.22. The van der Waals surface area contributed by atoms with E-state index in [-0.39, 0.29) is 0 Å². The van der Waals surface area contributed by atoms with E-state index in [1.807, 2.05) is 7.11 Å². The molecule has 0 saturated heterocycles. The Morgan fingerprint density at radius 2 is 2.11 bits per heavy atom. The molecule has 0 bridgehead atoms. The van der Waals surface area contributed by atoms with Crippen molar-refractivity contribution in [3.8, 4) is 0 Å². The second kappa shape index (κ2) is 6.10. The van der Waals surface area contributed by atoms with Crippen molar-refractivity contribution >= 4 is 11.4 Å². The minimum Gasteiger partial charge on any atom is -0.382 e. The van der Waals surface area contributed by atoms with Crippen molar-refractivity contribution in [2.75, 3.05) is 31.4 Å². The molecular formula is C15H24N2O. The Labute approximate surface area is 110 Å². The van der Waals surface area contributed by atoms with E-state index in [0.29, 0.717) is 12.1 Å². The van der Waals surface area contributed by atoms with E-state index < -0.39 is 0 Å². The molecule has 3 nitrogen and oxygen atoms in total. The summed E-state index contributed by atoms with van der Waals surface area (Å²) in [6.45, 7) is 0. The molecule has 2 atom stereocenters. The van der Waals surface area contributed by atoms with Crippen LogP contribution in [0.15, 0.2) is 24.3 Å². The third kappa shape index (κ3) is 3.39. The number of ether oxygens (including phenoxy) is 1. The fourth-order valence-electron chi connectivity index (χ4n) is 2.60. The van der Waals surface area contributed by atoms with Crippen molar-refractivity contribution in [1.82, 2.24) is 0 Å². The molecule has 0 aromatic heterocycles. The van der Waals surface area contributed by atoms with Gasteiger partial charge < -0.3 is 15.0 Å². The molecule has 0 radical (unpaired) electrons. The van der Waals surface area contributed by atoms with Gasteiger partial charge in [-0.3, -0.25) is 0 Å². The molecule has 1 aromatic carbocycles. The van der Waals surface area contributed by atoms with E-state index in [2.05, 4.69) is 48.6 Å². The maximum Gasteiger partial charge on any atom is 0.0590 e. The molecule has 3 heteroatoms. The molecule has 0 spiro atoms. The van der Waals surface area contributed by atoms with Gasteiger partial charge in [0.1, 0.15) is 0 Å². The van der Waals surface area contributed by atoms with E-state index in [1.54, 1.807) is 0 Å². The van der Waals surface area contributed by atoms with Crippen LogP contribution in [0.1, 0.15) is 25.7 Å². The Morgan fingerprint density at radius 3 is 2.83 bits per heavy atom. The average Bonchev–Trinajstić information content (AvgIpc) is 2.39. The summed E-state index contributed by atoms with van der Waals surface area (Å²) in [6, 6.07) is 9.12. The van der Waals surface area contributed by atoms with Crippen molar-refractivity contribution in [2.24, 2.45) is 0 Å². The second-order valence-electron chi connectivity index (χ2n) is 5.31. The Morgan fingerprint density at radius 1 is 1.28 bits per heavy atom. The quantitative estimate of drug-likeness (QED) is 0.886. The third-order valence-corrected chi connectivity index (χ3v) is 3.69. The van der Waals surface area contributed by atoms with Crippen molar-refractivity contribution < 1.29 is 4.74 Å².